The molecule has 1 aromatic carbocycles. The van der Waals surface area contributed by atoms with Crippen molar-refractivity contribution in [1.29, 1.82) is 0 Å². The second-order valence-corrected chi connectivity index (χ2v) is 4.59. The van der Waals surface area contributed by atoms with Gasteiger partial charge < -0.3 is 15.1 Å². The van der Waals surface area contributed by atoms with E-state index in [-0.39, 0.29) is 11.8 Å². The monoisotopic (exact) mass is 264 g/mol. The first kappa shape index (κ1) is 13.5. The van der Waals surface area contributed by atoms with E-state index in [1.807, 2.05) is 26.8 Å². The van der Waals surface area contributed by atoms with Crippen LogP contribution in [0.25, 0.3) is 0 Å². The quantitative estimate of drug-likeness (QED) is 0.869. The van der Waals surface area contributed by atoms with Gasteiger partial charge in [0.15, 0.2) is 0 Å². The number of nitrogens with zero attached hydrogens (tertiary/aromatic N) is 2. The van der Waals surface area contributed by atoms with Gasteiger partial charge in [0.1, 0.15) is 5.82 Å². The van der Waals surface area contributed by atoms with E-state index < -0.39 is 0 Å². The predicted molar refractivity (Wildman–Crippen MR) is 70.7 cm³/mol. The summed E-state index contributed by atoms with van der Waals surface area (Å²) < 4.78 is 19.0. The molecule has 0 atom stereocenters. The molecule has 0 saturated carbocycles. The van der Waals surface area contributed by atoms with Gasteiger partial charge in [0.2, 0.25) is 5.89 Å². The molecule has 0 aliphatic carbocycles. The molecule has 0 unspecified atom stereocenters. The molecule has 2 aromatic rings. The van der Waals surface area contributed by atoms with Gasteiger partial charge in [-0.05, 0) is 18.6 Å². The van der Waals surface area contributed by atoms with Crippen molar-refractivity contribution in [2.75, 3.05) is 5.32 Å². The summed E-state index contributed by atoms with van der Waals surface area (Å²) in [5, 5.41) is 13.7. The van der Waals surface area contributed by atoms with Crippen LogP contribution in [0, 0.1) is 12.7 Å². The maximum atomic E-state index is 13.6. The average Bonchev–Trinajstić information content (AvgIpc) is 2.79. The molecule has 5 nitrogen and oxygen atoms in total. The lowest BCUT2D eigenvalue weighted by molar-refractivity contribution is 0.460. The fourth-order valence-electron chi connectivity index (χ4n) is 1.56. The van der Waals surface area contributed by atoms with Gasteiger partial charge in [-0.1, -0.05) is 31.1 Å². The molecule has 0 spiro atoms. The van der Waals surface area contributed by atoms with Crippen LogP contribution in [0.5, 0.6) is 0 Å². The summed E-state index contributed by atoms with van der Waals surface area (Å²) in [4.78, 5) is 0. The molecule has 0 aliphatic heterocycles. The van der Waals surface area contributed by atoms with Crippen LogP contribution in [0.15, 0.2) is 22.6 Å². The van der Waals surface area contributed by atoms with Gasteiger partial charge in [0, 0.05) is 6.04 Å². The number of anilines is 2. The van der Waals surface area contributed by atoms with Crippen molar-refractivity contribution >= 4 is 11.7 Å². The van der Waals surface area contributed by atoms with Crippen LogP contribution < -0.4 is 10.6 Å². The van der Waals surface area contributed by atoms with E-state index >= 15 is 0 Å². The molecule has 0 amide bonds. The second-order valence-electron chi connectivity index (χ2n) is 4.59. The zero-order valence-corrected chi connectivity index (χ0v) is 11.2. The first-order valence-electron chi connectivity index (χ1n) is 6.14. The number of rotatable bonds is 5. The van der Waals surface area contributed by atoms with E-state index in [9.17, 15) is 4.39 Å². The van der Waals surface area contributed by atoms with Crippen LogP contribution in [-0.4, -0.2) is 16.2 Å². The molecule has 19 heavy (non-hydrogen) atoms. The normalized spacial score (nSPS) is 11.0. The van der Waals surface area contributed by atoms with Gasteiger partial charge in [0.25, 0.3) is 0 Å². The number of nitrogens with one attached hydrogen (secondary N) is 2. The number of halogens is 1. The fraction of sp³-hybridized carbons (Fsp3) is 0.385. The minimum Gasteiger partial charge on any atom is -0.406 e. The Labute approximate surface area is 111 Å². The molecule has 102 valence electrons. The third-order valence-electron chi connectivity index (χ3n) is 2.58. The zero-order valence-electron chi connectivity index (χ0n) is 11.2. The van der Waals surface area contributed by atoms with Gasteiger partial charge in [-0.25, -0.2) is 4.39 Å². The largest absolute Gasteiger partial charge is 0.406 e. The third-order valence-corrected chi connectivity index (χ3v) is 2.58. The van der Waals surface area contributed by atoms with Crippen molar-refractivity contribution in [2.24, 2.45) is 0 Å². The van der Waals surface area contributed by atoms with Crippen LogP contribution in [0.4, 0.5) is 16.1 Å². The fourth-order valence-corrected chi connectivity index (χ4v) is 1.56. The van der Waals surface area contributed by atoms with E-state index in [0.29, 0.717) is 24.2 Å². The number of aromatic nitrogens is 2. The highest BCUT2D eigenvalue weighted by Crippen LogP contribution is 2.22. The average molecular weight is 264 g/mol. The summed E-state index contributed by atoms with van der Waals surface area (Å²) in [6, 6.07) is 5.36. The minimum atomic E-state index is -0.347. The summed E-state index contributed by atoms with van der Waals surface area (Å²) >= 11 is 0. The van der Waals surface area contributed by atoms with Crippen molar-refractivity contribution in [1.82, 2.24) is 15.5 Å². The van der Waals surface area contributed by atoms with Crippen molar-refractivity contribution in [3.8, 4) is 0 Å². The lowest BCUT2D eigenvalue weighted by Crippen LogP contribution is -2.21. The van der Waals surface area contributed by atoms with Crippen molar-refractivity contribution in [3.63, 3.8) is 0 Å². The Bertz CT molecular complexity index is 533. The number of hydrogen-bond acceptors (Lipinski definition) is 5. The standard InChI is InChI=1S/C13H17FN4O/c1-8(2)15-7-11-17-18-13(19-11)16-12-9(3)5-4-6-10(12)14/h4-6,8,15H,7H2,1-3H3,(H,16,18). The van der Waals surface area contributed by atoms with Gasteiger partial charge in [-0.2, -0.15) is 0 Å². The van der Waals surface area contributed by atoms with Crippen LogP contribution in [0.3, 0.4) is 0 Å². The van der Waals surface area contributed by atoms with Gasteiger partial charge in [0.05, 0.1) is 12.2 Å². The third kappa shape index (κ3) is 3.51. The summed E-state index contributed by atoms with van der Waals surface area (Å²) in [7, 11) is 0. The molecule has 1 aromatic heterocycles. The van der Waals surface area contributed by atoms with E-state index in [1.165, 1.54) is 6.07 Å². The highest BCUT2D eigenvalue weighted by molar-refractivity contribution is 5.57. The Morgan fingerprint density at radius 2 is 2.11 bits per heavy atom. The minimum absolute atomic E-state index is 0.189. The van der Waals surface area contributed by atoms with Crippen molar-refractivity contribution in [2.45, 2.75) is 33.4 Å². The van der Waals surface area contributed by atoms with Gasteiger partial charge >= 0.3 is 6.01 Å². The van der Waals surface area contributed by atoms with Crippen molar-refractivity contribution in [3.05, 3.63) is 35.5 Å². The molecule has 2 rings (SSSR count). The molecule has 1 heterocycles. The van der Waals surface area contributed by atoms with Gasteiger partial charge in [-0.15, -0.1) is 5.10 Å². The molecular weight excluding hydrogens is 247 g/mol. The summed E-state index contributed by atoms with van der Waals surface area (Å²) in [6.07, 6.45) is 0. The van der Waals surface area contributed by atoms with Crippen LogP contribution in [-0.2, 0) is 6.54 Å². The molecule has 0 saturated heterocycles. The maximum absolute atomic E-state index is 13.6. The lowest BCUT2D eigenvalue weighted by atomic mass is 10.2. The van der Waals surface area contributed by atoms with E-state index in [4.69, 9.17) is 4.42 Å². The van der Waals surface area contributed by atoms with E-state index in [2.05, 4.69) is 20.8 Å². The highest BCUT2D eigenvalue weighted by Gasteiger charge is 2.10. The molecule has 2 N–H and O–H groups in total. The molecule has 0 bridgehead atoms. The van der Waals surface area contributed by atoms with Crippen LogP contribution in [0.1, 0.15) is 25.3 Å². The Morgan fingerprint density at radius 1 is 1.32 bits per heavy atom. The van der Waals surface area contributed by atoms with E-state index in [0.717, 1.165) is 5.56 Å². The summed E-state index contributed by atoms with van der Waals surface area (Å²) in [5.74, 6) is 0.116. The Hall–Kier alpha value is -1.95. The number of hydrogen-bond donors (Lipinski definition) is 2. The topological polar surface area (TPSA) is 63.0 Å². The predicted octanol–water partition coefficient (Wildman–Crippen LogP) is 2.76. The lowest BCUT2D eigenvalue weighted by Gasteiger charge is -2.06. The molecule has 0 radical (unpaired) electrons. The smallest absolute Gasteiger partial charge is 0.320 e. The van der Waals surface area contributed by atoms with E-state index in [1.54, 1.807) is 6.07 Å². The molecular formula is C13H17FN4O. The first-order valence-corrected chi connectivity index (χ1v) is 6.14. The van der Waals surface area contributed by atoms with Crippen molar-refractivity contribution < 1.29 is 8.81 Å². The van der Waals surface area contributed by atoms with Crippen LogP contribution >= 0.6 is 0 Å². The summed E-state index contributed by atoms with van der Waals surface area (Å²) in [6.45, 7) is 6.35. The van der Waals surface area contributed by atoms with Crippen LogP contribution in [0.2, 0.25) is 0 Å². The SMILES string of the molecule is Cc1cccc(F)c1Nc1nnc(CNC(C)C)o1. The Balaban J connectivity index is 2.07. The molecule has 6 heteroatoms. The Kier molecular flexibility index (Phi) is 4.11. The number of aryl methyl sites for hydroxylation is 1. The second kappa shape index (κ2) is 5.79. The Morgan fingerprint density at radius 3 is 2.79 bits per heavy atom. The van der Waals surface area contributed by atoms with Gasteiger partial charge in [-0.3, -0.25) is 0 Å². The number of para-hydroxylation sites is 1. The highest BCUT2D eigenvalue weighted by atomic mass is 19.1. The zero-order chi connectivity index (χ0) is 13.8. The number of benzene rings is 1. The maximum Gasteiger partial charge on any atom is 0.320 e. The molecule has 0 fully saturated rings. The summed E-state index contributed by atoms with van der Waals surface area (Å²) in [5.41, 5.74) is 1.13. The first-order chi connectivity index (χ1) is 9.06. The molecule has 0 aliphatic rings.